The second kappa shape index (κ2) is 9.94. The lowest BCUT2D eigenvalue weighted by Gasteiger charge is -2.19. The zero-order chi connectivity index (χ0) is 20.5. The number of hydrogen-bond acceptors (Lipinski definition) is 5. The van der Waals surface area contributed by atoms with Crippen LogP contribution in [0.25, 0.3) is 0 Å². The molecule has 6 heteroatoms. The lowest BCUT2D eigenvalue weighted by molar-refractivity contribution is -0.119. The van der Waals surface area contributed by atoms with Crippen molar-refractivity contribution in [2.45, 2.75) is 6.54 Å². The Morgan fingerprint density at radius 2 is 1.69 bits per heavy atom. The lowest BCUT2D eigenvalue weighted by atomic mass is 10.2. The number of primary amides is 1. The minimum absolute atomic E-state index is 0.206. The summed E-state index contributed by atoms with van der Waals surface area (Å²) < 4.78 is 10.7. The van der Waals surface area contributed by atoms with Crippen molar-refractivity contribution < 1.29 is 14.3 Å². The fourth-order valence-corrected chi connectivity index (χ4v) is 2.72. The molecule has 1 amide bonds. The van der Waals surface area contributed by atoms with Crippen LogP contribution in [-0.4, -0.2) is 25.8 Å². The summed E-state index contributed by atoms with van der Waals surface area (Å²) in [5.74, 6) is 0.411. The summed E-state index contributed by atoms with van der Waals surface area (Å²) in [6.07, 6.45) is 1.76. The van der Waals surface area contributed by atoms with Gasteiger partial charge >= 0.3 is 0 Å². The van der Waals surface area contributed by atoms with Gasteiger partial charge in [0.15, 0.2) is 18.1 Å². The zero-order valence-corrected chi connectivity index (χ0v) is 16.2. The van der Waals surface area contributed by atoms with E-state index in [2.05, 4.69) is 17.2 Å². The van der Waals surface area contributed by atoms with Gasteiger partial charge in [-0.1, -0.05) is 48.5 Å². The zero-order valence-electron chi connectivity index (χ0n) is 16.2. The molecule has 0 aliphatic carbocycles. The number of para-hydroxylation sites is 1. The van der Waals surface area contributed by atoms with Gasteiger partial charge in [-0.2, -0.15) is 5.10 Å². The third-order valence-electron chi connectivity index (χ3n) is 4.13. The van der Waals surface area contributed by atoms with E-state index < -0.39 is 5.91 Å². The van der Waals surface area contributed by atoms with E-state index >= 15 is 0 Å². The standard InChI is InChI=1S/C23H23N3O3/c1-28-22-14-19(12-13-21(22)29-17-23(24)27)15-25-26(20-10-6-3-7-11-20)16-18-8-4-2-5-9-18/h2-15H,16-17H2,1H3,(H2,24,27)/b25-15+. The van der Waals surface area contributed by atoms with Gasteiger partial charge in [-0.05, 0) is 41.5 Å². The van der Waals surface area contributed by atoms with Gasteiger partial charge in [0.05, 0.1) is 25.6 Å². The SMILES string of the molecule is COc1cc(/C=N/N(Cc2ccccc2)c2ccccc2)ccc1OCC(N)=O. The van der Waals surface area contributed by atoms with Crippen molar-refractivity contribution in [2.75, 3.05) is 18.7 Å². The number of nitrogens with zero attached hydrogens (tertiary/aromatic N) is 2. The highest BCUT2D eigenvalue weighted by molar-refractivity contribution is 5.82. The molecule has 0 radical (unpaired) electrons. The molecular formula is C23H23N3O3. The van der Waals surface area contributed by atoms with E-state index in [1.165, 1.54) is 0 Å². The fraction of sp³-hybridized carbons (Fsp3) is 0.130. The molecule has 0 aliphatic rings. The van der Waals surface area contributed by atoms with Crippen LogP contribution in [0.1, 0.15) is 11.1 Å². The number of ether oxygens (including phenoxy) is 2. The molecule has 0 aromatic heterocycles. The van der Waals surface area contributed by atoms with Gasteiger partial charge in [0, 0.05) is 0 Å². The maximum atomic E-state index is 10.9. The highest BCUT2D eigenvalue weighted by Crippen LogP contribution is 2.27. The number of anilines is 1. The molecule has 29 heavy (non-hydrogen) atoms. The number of nitrogens with two attached hydrogens (primary N) is 1. The molecule has 0 heterocycles. The predicted octanol–water partition coefficient (Wildman–Crippen LogP) is 3.60. The maximum Gasteiger partial charge on any atom is 0.255 e. The van der Waals surface area contributed by atoms with Crippen molar-refractivity contribution in [3.8, 4) is 11.5 Å². The van der Waals surface area contributed by atoms with Crippen LogP contribution in [-0.2, 0) is 11.3 Å². The van der Waals surface area contributed by atoms with E-state index in [1.807, 2.05) is 59.6 Å². The van der Waals surface area contributed by atoms with E-state index in [0.717, 1.165) is 16.8 Å². The summed E-state index contributed by atoms with van der Waals surface area (Å²) in [5, 5.41) is 6.61. The normalized spacial score (nSPS) is 10.7. The summed E-state index contributed by atoms with van der Waals surface area (Å²) in [6, 6.07) is 25.5. The Kier molecular flexibility index (Phi) is 6.84. The average Bonchev–Trinajstić information content (AvgIpc) is 2.76. The van der Waals surface area contributed by atoms with E-state index in [4.69, 9.17) is 15.2 Å². The van der Waals surface area contributed by atoms with Crippen LogP contribution in [0, 0.1) is 0 Å². The van der Waals surface area contributed by atoms with Crippen LogP contribution < -0.4 is 20.2 Å². The Hall–Kier alpha value is -3.80. The predicted molar refractivity (Wildman–Crippen MR) is 114 cm³/mol. The summed E-state index contributed by atoms with van der Waals surface area (Å²) in [7, 11) is 1.54. The molecule has 0 bridgehead atoms. The summed E-state index contributed by atoms with van der Waals surface area (Å²) in [6.45, 7) is 0.431. The Balaban J connectivity index is 1.82. The van der Waals surface area contributed by atoms with Gasteiger partial charge in [-0.15, -0.1) is 0 Å². The first-order chi connectivity index (χ1) is 14.2. The summed E-state index contributed by atoms with van der Waals surface area (Å²) in [4.78, 5) is 10.9. The number of carbonyl (C=O) groups excluding carboxylic acids is 1. The molecule has 0 saturated carbocycles. The van der Waals surface area contributed by atoms with Crippen molar-refractivity contribution in [3.63, 3.8) is 0 Å². The number of methoxy groups -OCH3 is 1. The molecule has 0 fully saturated rings. The van der Waals surface area contributed by atoms with Crippen molar-refractivity contribution >= 4 is 17.8 Å². The van der Waals surface area contributed by atoms with Crippen molar-refractivity contribution in [1.29, 1.82) is 0 Å². The van der Waals surface area contributed by atoms with Gasteiger partial charge in [0.2, 0.25) is 0 Å². The second-order valence-corrected chi connectivity index (χ2v) is 6.29. The highest BCUT2D eigenvalue weighted by atomic mass is 16.5. The molecule has 0 aliphatic heterocycles. The number of amides is 1. The van der Waals surface area contributed by atoms with Crippen molar-refractivity contribution in [3.05, 3.63) is 90.0 Å². The molecule has 0 saturated heterocycles. The molecule has 0 unspecified atom stereocenters. The number of benzene rings is 3. The minimum Gasteiger partial charge on any atom is -0.493 e. The quantitative estimate of drug-likeness (QED) is 0.448. The first-order valence-electron chi connectivity index (χ1n) is 9.15. The van der Waals surface area contributed by atoms with Crippen LogP contribution >= 0.6 is 0 Å². The van der Waals surface area contributed by atoms with Crippen LogP contribution in [0.2, 0.25) is 0 Å². The molecule has 6 nitrogen and oxygen atoms in total. The van der Waals surface area contributed by atoms with E-state index in [1.54, 1.807) is 25.5 Å². The lowest BCUT2D eigenvalue weighted by Crippen LogP contribution is -2.20. The van der Waals surface area contributed by atoms with Crippen molar-refractivity contribution in [1.82, 2.24) is 0 Å². The van der Waals surface area contributed by atoms with E-state index in [0.29, 0.717) is 18.0 Å². The maximum absolute atomic E-state index is 10.9. The minimum atomic E-state index is -0.544. The number of carbonyl (C=O) groups is 1. The Bertz CT molecular complexity index is 960. The largest absolute Gasteiger partial charge is 0.493 e. The summed E-state index contributed by atoms with van der Waals surface area (Å²) >= 11 is 0. The van der Waals surface area contributed by atoms with Crippen LogP contribution in [0.3, 0.4) is 0 Å². The Morgan fingerprint density at radius 3 is 2.34 bits per heavy atom. The van der Waals surface area contributed by atoms with Crippen molar-refractivity contribution in [2.24, 2.45) is 10.8 Å². The molecule has 148 valence electrons. The van der Waals surface area contributed by atoms with Gasteiger partial charge in [-0.3, -0.25) is 9.80 Å². The van der Waals surface area contributed by atoms with Gasteiger partial charge in [0.25, 0.3) is 5.91 Å². The number of hydrogen-bond donors (Lipinski definition) is 1. The van der Waals surface area contributed by atoms with Crippen LogP contribution in [0.15, 0.2) is 84.0 Å². The van der Waals surface area contributed by atoms with Gasteiger partial charge < -0.3 is 15.2 Å². The Labute approximate surface area is 170 Å². The Morgan fingerprint density at radius 1 is 1.00 bits per heavy atom. The molecule has 0 atom stereocenters. The van der Waals surface area contributed by atoms with E-state index in [9.17, 15) is 4.79 Å². The average molecular weight is 389 g/mol. The first-order valence-corrected chi connectivity index (χ1v) is 9.15. The molecule has 0 spiro atoms. The second-order valence-electron chi connectivity index (χ2n) is 6.29. The molecule has 3 aromatic rings. The van der Waals surface area contributed by atoms with Gasteiger partial charge in [0.1, 0.15) is 0 Å². The fourth-order valence-electron chi connectivity index (χ4n) is 2.72. The highest BCUT2D eigenvalue weighted by Gasteiger charge is 2.08. The van der Waals surface area contributed by atoms with Crippen LogP contribution in [0.5, 0.6) is 11.5 Å². The smallest absolute Gasteiger partial charge is 0.255 e. The number of rotatable bonds is 9. The van der Waals surface area contributed by atoms with Gasteiger partial charge in [-0.25, -0.2) is 0 Å². The van der Waals surface area contributed by atoms with E-state index in [-0.39, 0.29) is 6.61 Å². The third-order valence-corrected chi connectivity index (χ3v) is 4.13. The monoisotopic (exact) mass is 389 g/mol. The molecule has 3 aromatic carbocycles. The first kappa shape index (κ1) is 19.9. The third kappa shape index (κ3) is 5.84. The topological polar surface area (TPSA) is 77.2 Å². The molecule has 3 rings (SSSR count). The summed E-state index contributed by atoms with van der Waals surface area (Å²) in [5.41, 5.74) is 8.11. The van der Waals surface area contributed by atoms with Crippen LogP contribution in [0.4, 0.5) is 5.69 Å². The molecular weight excluding hydrogens is 366 g/mol. The molecule has 2 N–H and O–H groups in total. The number of hydrazone groups is 1.